The fourth-order valence-corrected chi connectivity index (χ4v) is 4.50. The van der Waals surface area contributed by atoms with Crippen LogP contribution in [0, 0.1) is 18.8 Å². The average molecular weight is 454 g/mol. The van der Waals surface area contributed by atoms with Crippen LogP contribution >= 0.6 is 0 Å². The number of imide groups is 1. The van der Waals surface area contributed by atoms with E-state index >= 15 is 0 Å². The number of allylic oxidation sites excluding steroid dienone is 2. The molecule has 178 valence electrons. The van der Waals surface area contributed by atoms with E-state index in [1.54, 1.807) is 11.8 Å². The number of nitrogens with one attached hydrogen (secondary N) is 1. The maximum atomic E-state index is 13.3. The van der Waals surface area contributed by atoms with Crippen molar-refractivity contribution in [2.24, 2.45) is 11.8 Å². The molecule has 0 spiro atoms. The maximum Gasteiger partial charge on any atom is 0.242 e. The zero-order valence-electron chi connectivity index (χ0n) is 20.0. The summed E-state index contributed by atoms with van der Waals surface area (Å²) in [6.07, 6.45) is 5.83. The predicted octanol–water partition coefficient (Wildman–Crippen LogP) is 2.97. The first-order valence-corrected chi connectivity index (χ1v) is 11.9. The van der Waals surface area contributed by atoms with Gasteiger partial charge in [0.15, 0.2) is 0 Å². The fraction of sp³-hybridized carbons (Fsp3) is 0.538. The van der Waals surface area contributed by atoms with Crippen LogP contribution in [0.25, 0.3) is 0 Å². The van der Waals surface area contributed by atoms with Crippen LogP contribution in [-0.2, 0) is 25.7 Å². The van der Waals surface area contributed by atoms with Gasteiger partial charge >= 0.3 is 0 Å². The Bertz CT molecular complexity index is 915. The molecule has 1 aromatic carbocycles. The minimum absolute atomic E-state index is 0.00286. The quantitative estimate of drug-likeness (QED) is 0.460. The molecule has 7 heteroatoms. The maximum absolute atomic E-state index is 13.3. The first kappa shape index (κ1) is 24.7. The highest BCUT2D eigenvalue weighted by molar-refractivity contribution is 6.05. The summed E-state index contributed by atoms with van der Waals surface area (Å²) >= 11 is 0. The lowest BCUT2D eigenvalue weighted by atomic mass is 9.85. The van der Waals surface area contributed by atoms with Gasteiger partial charge in [0.25, 0.3) is 0 Å². The van der Waals surface area contributed by atoms with Gasteiger partial charge in [-0.25, -0.2) is 0 Å². The third kappa shape index (κ3) is 5.70. The molecule has 1 heterocycles. The number of carbonyl (C=O) groups excluding carboxylic acids is 4. The molecule has 1 aromatic rings. The van der Waals surface area contributed by atoms with Gasteiger partial charge in [-0.3, -0.25) is 24.1 Å². The molecule has 1 aliphatic heterocycles. The molecule has 4 atom stereocenters. The van der Waals surface area contributed by atoms with Crippen LogP contribution < -0.4 is 5.32 Å². The Morgan fingerprint density at radius 3 is 2.33 bits per heavy atom. The van der Waals surface area contributed by atoms with Gasteiger partial charge in [0, 0.05) is 25.6 Å². The molecule has 33 heavy (non-hydrogen) atoms. The molecule has 2 aliphatic rings. The highest BCUT2D eigenvalue weighted by Gasteiger charge is 2.47. The van der Waals surface area contributed by atoms with Crippen LogP contribution in [0.1, 0.15) is 57.6 Å². The summed E-state index contributed by atoms with van der Waals surface area (Å²) in [7, 11) is 0. The van der Waals surface area contributed by atoms with Gasteiger partial charge in [-0.1, -0.05) is 48.9 Å². The van der Waals surface area contributed by atoms with Crippen molar-refractivity contribution in [3.8, 4) is 0 Å². The number of nitrogens with zero attached hydrogens (tertiary/aromatic N) is 2. The second-order valence-electron chi connectivity index (χ2n) is 9.24. The minimum Gasteiger partial charge on any atom is -0.352 e. The summed E-state index contributed by atoms with van der Waals surface area (Å²) in [6.45, 7) is 7.95. The second-order valence-corrected chi connectivity index (χ2v) is 9.24. The van der Waals surface area contributed by atoms with Gasteiger partial charge in [-0.2, -0.15) is 0 Å². The standard InChI is InChI=1S/C26H35N3O4/c1-5-18(3)27-24(31)19(4)29(16-20-10-8-9-17(2)15-20)23(30)13-14-28-25(32)21-11-6-7-12-22(21)26(28)33/h6-10,15,18-19,21-22H,5,11-14,16H2,1-4H3,(H,27,31)/t18-,19-,21-,22+/m1/s1. The van der Waals surface area contributed by atoms with E-state index in [4.69, 9.17) is 0 Å². The molecule has 0 bridgehead atoms. The molecular formula is C26H35N3O4. The van der Waals surface area contributed by atoms with Crippen molar-refractivity contribution in [2.75, 3.05) is 6.54 Å². The van der Waals surface area contributed by atoms with Gasteiger partial charge in [-0.05, 0) is 45.6 Å². The van der Waals surface area contributed by atoms with E-state index in [9.17, 15) is 19.2 Å². The summed E-state index contributed by atoms with van der Waals surface area (Å²) in [4.78, 5) is 54.4. The largest absolute Gasteiger partial charge is 0.352 e. The number of benzene rings is 1. The summed E-state index contributed by atoms with van der Waals surface area (Å²) in [5.74, 6) is -1.44. The lowest BCUT2D eigenvalue weighted by molar-refractivity contribution is -0.143. The van der Waals surface area contributed by atoms with Crippen molar-refractivity contribution in [3.63, 3.8) is 0 Å². The number of fused-ring (bicyclic) bond motifs is 1. The molecule has 0 radical (unpaired) electrons. The van der Waals surface area contributed by atoms with E-state index in [1.807, 2.05) is 57.2 Å². The first-order chi connectivity index (χ1) is 15.7. The lowest BCUT2D eigenvalue weighted by Crippen LogP contribution is -2.50. The van der Waals surface area contributed by atoms with Gasteiger partial charge < -0.3 is 10.2 Å². The van der Waals surface area contributed by atoms with Crippen LogP contribution in [0.2, 0.25) is 0 Å². The van der Waals surface area contributed by atoms with Crippen LogP contribution in [0.15, 0.2) is 36.4 Å². The topological polar surface area (TPSA) is 86.8 Å². The van der Waals surface area contributed by atoms with Gasteiger partial charge in [0.1, 0.15) is 6.04 Å². The summed E-state index contributed by atoms with van der Waals surface area (Å²) < 4.78 is 0. The molecule has 7 nitrogen and oxygen atoms in total. The lowest BCUT2D eigenvalue weighted by Gasteiger charge is -2.30. The first-order valence-electron chi connectivity index (χ1n) is 11.9. The van der Waals surface area contributed by atoms with Crippen LogP contribution in [0.5, 0.6) is 0 Å². The molecule has 1 N–H and O–H groups in total. The molecule has 4 amide bonds. The molecular weight excluding hydrogens is 418 g/mol. The van der Waals surface area contributed by atoms with Crippen molar-refractivity contribution < 1.29 is 19.2 Å². The molecule has 1 saturated heterocycles. The Morgan fingerprint density at radius 1 is 1.12 bits per heavy atom. The van der Waals surface area contributed by atoms with Gasteiger partial charge in [0.05, 0.1) is 11.8 Å². The number of carbonyl (C=O) groups is 4. The summed E-state index contributed by atoms with van der Waals surface area (Å²) in [5.41, 5.74) is 2.00. The van der Waals surface area contributed by atoms with Crippen molar-refractivity contribution >= 4 is 23.6 Å². The third-order valence-corrected chi connectivity index (χ3v) is 6.75. The van der Waals surface area contributed by atoms with Crippen LogP contribution in [-0.4, -0.2) is 52.1 Å². The van der Waals surface area contributed by atoms with Gasteiger partial charge in [-0.15, -0.1) is 0 Å². The van der Waals surface area contributed by atoms with E-state index in [2.05, 4.69) is 5.32 Å². The number of amides is 4. The van der Waals surface area contributed by atoms with Crippen LogP contribution in [0.4, 0.5) is 0 Å². The predicted molar refractivity (Wildman–Crippen MR) is 126 cm³/mol. The third-order valence-electron chi connectivity index (χ3n) is 6.75. The van der Waals surface area contributed by atoms with Crippen molar-refractivity contribution in [3.05, 3.63) is 47.5 Å². The van der Waals surface area contributed by atoms with Crippen molar-refractivity contribution in [1.29, 1.82) is 0 Å². The van der Waals surface area contributed by atoms with Gasteiger partial charge in [0.2, 0.25) is 23.6 Å². The zero-order chi connectivity index (χ0) is 24.1. The Hall–Kier alpha value is -2.96. The molecule has 0 unspecified atom stereocenters. The van der Waals surface area contributed by atoms with Crippen molar-refractivity contribution in [2.45, 2.75) is 72.0 Å². The molecule has 1 aliphatic carbocycles. The number of likely N-dealkylation sites (tertiary alicyclic amines) is 1. The fourth-order valence-electron chi connectivity index (χ4n) is 4.50. The number of hydrogen-bond acceptors (Lipinski definition) is 4. The zero-order valence-corrected chi connectivity index (χ0v) is 20.0. The van der Waals surface area contributed by atoms with E-state index in [1.165, 1.54) is 4.90 Å². The second kappa shape index (κ2) is 10.8. The molecule has 0 saturated carbocycles. The molecule has 0 aromatic heterocycles. The highest BCUT2D eigenvalue weighted by atomic mass is 16.2. The Kier molecular flexibility index (Phi) is 8.06. The highest BCUT2D eigenvalue weighted by Crippen LogP contribution is 2.35. The van der Waals surface area contributed by atoms with E-state index in [0.29, 0.717) is 12.8 Å². The SMILES string of the molecule is CC[C@@H](C)NC(=O)[C@@H](C)N(Cc1cccc(C)c1)C(=O)CCN1C(=O)[C@H]2CC=CC[C@H]2C1=O. The number of aryl methyl sites for hydroxylation is 1. The number of hydrogen-bond donors (Lipinski definition) is 1. The van der Waals surface area contributed by atoms with Crippen LogP contribution in [0.3, 0.4) is 0 Å². The Morgan fingerprint density at radius 2 is 1.76 bits per heavy atom. The molecule has 3 rings (SSSR count). The number of rotatable bonds is 9. The smallest absolute Gasteiger partial charge is 0.242 e. The van der Waals surface area contributed by atoms with E-state index in [-0.39, 0.29) is 61.0 Å². The summed E-state index contributed by atoms with van der Waals surface area (Å²) in [6, 6.07) is 7.15. The van der Waals surface area contributed by atoms with E-state index < -0.39 is 6.04 Å². The Balaban J connectivity index is 1.72. The molecule has 1 fully saturated rings. The Labute approximate surface area is 196 Å². The summed E-state index contributed by atoms with van der Waals surface area (Å²) in [5, 5.41) is 2.95. The minimum atomic E-state index is -0.677. The normalized spacial score (nSPS) is 21.5. The monoisotopic (exact) mass is 453 g/mol. The van der Waals surface area contributed by atoms with E-state index in [0.717, 1.165) is 17.5 Å². The van der Waals surface area contributed by atoms with Crippen molar-refractivity contribution in [1.82, 2.24) is 15.1 Å². The average Bonchev–Trinajstić information content (AvgIpc) is 3.05.